The van der Waals surface area contributed by atoms with Crippen LogP contribution in [0.3, 0.4) is 0 Å². The van der Waals surface area contributed by atoms with E-state index in [1.807, 2.05) is 24.3 Å². The van der Waals surface area contributed by atoms with Gasteiger partial charge in [0.05, 0.1) is 11.7 Å². The minimum atomic E-state index is -0.887. The molecule has 7 rings (SSSR count). The molecule has 3 saturated carbocycles. The van der Waals surface area contributed by atoms with E-state index in [2.05, 4.69) is 90.6 Å². The first kappa shape index (κ1) is 42.4. The molecule has 3 fully saturated rings. The van der Waals surface area contributed by atoms with Crippen LogP contribution in [0.4, 0.5) is 0 Å². The Labute approximate surface area is 348 Å². The van der Waals surface area contributed by atoms with Gasteiger partial charge in [-0.3, -0.25) is 9.69 Å². The highest BCUT2D eigenvalue weighted by Crippen LogP contribution is 2.78. The van der Waals surface area contributed by atoms with E-state index < -0.39 is 17.5 Å². The van der Waals surface area contributed by atoms with Gasteiger partial charge in [-0.2, -0.15) is 0 Å². The lowest BCUT2D eigenvalue weighted by Crippen LogP contribution is -2.65. The molecule has 0 aliphatic heterocycles. The van der Waals surface area contributed by atoms with Gasteiger partial charge in [0.2, 0.25) is 0 Å². The summed E-state index contributed by atoms with van der Waals surface area (Å²) in [6.45, 7) is 19.9. The Kier molecular flexibility index (Phi) is 11.4. The van der Waals surface area contributed by atoms with Crippen molar-refractivity contribution in [2.45, 2.75) is 119 Å². The number of Topliss-reactive ketones (excluding diaryl/α,β-unsaturated/α-hetero) is 1. The van der Waals surface area contributed by atoms with Crippen molar-refractivity contribution in [2.24, 2.45) is 50.7 Å². The van der Waals surface area contributed by atoms with Crippen molar-refractivity contribution in [3.63, 3.8) is 0 Å². The third-order valence-electron chi connectivity index (χ3n) is 17.0. The normalized spacial score (nSPS) is 33.8. The first-order valence-electron chi connectivity index (χ1n) is 22.0. The van der Waals surface area contributed by atoms with E-state index in [4.69, 9.17) is 11.6 Å². The molecular weight excluding hydrogens is 728 g/mol. The molecule has 2 N–H and O–H groups in total. The smallest absolute Gasteiger partial charge is 0.335 e. The second-order valence-electron chi connectivity index (χ2n) is 20.6. The summed E-state index contributed by atoms with van der Waals surface area (Å²) in [6, 6.07) is 15.6. The minimum absolute atomic E-state index is 0.0575. The fourth-order valence-electron chi connectivity index (χ4n) is 14.4. The lowest BCUT2D eigenvalue weighted by Gasteiger charge is -2.72. The number of allylic oxidation sites excluding steroid dienone is 3. The Balaban J connectivity index is 1.23. The van der Waals surface area contributed by atoms with E-state index in [1.54, 1.807) is 12.1 Å². The SMILES string of the molecule is CC[C@@]12CC[C@@]3([C@@H](O)CN(CCN(C)C)Cc4ccc(Cl)cc4)CC(=O)C(C(C)C)=C3[C@H]1CC[C@@H]1[C@@]3(C)CC=C(c4ccc(C(=O)O)cc4)C(C)(C)[C@@H]3CC[C@]12C. The Hall–Kier alpha value is -2.77. The predicted molar refractivity (Wildman–Crippen MR) is 232 cm³/mol. The molecule has 0 unspecified atom stereocenters. The summed E-state index contributed by atoms with van der Waals surface area (Å²) in [6.07, 6.45) is 10.9. The Bertz CT molecular complexity index is 1910. The predicted octanol–water partition coefficient (Wildman–Crippen LogP) is 10.8. The minimum Gasteiger partial charge on any atom is -0.478 e. The van der Waals surface area contributed by atoms with E-state index in [-0.39, 0.29) is 39.3 Å². The van der Waals surface area contributed by atoms with Crippen molar-refractivity contribution < 1.29 is 19.8 Å². The molecule has 0 amide bonds. The van der Waals surface area contributed by atoms with Crippen molar-refractivity contribution in [1.82, 2.24) is 9.80 Å². The molecule has 0 radical (unpaired) electrons. The monoisotopic (exact) mass is 796 g/mol. The molecule has 310 valence electrons. The summed E-state index contributed by atoms with van der Waals surface area (Å²) in [7, 11) is 4.20. The number of hydrogen-bond acceptors (Lipinski definition) is 5. The maximum atomic E-state index is 14.4. The number of carboxylic acids is 1. The van der Waals surface area contributed by atoms with Gasteiger partial charge in [-0.25, -0.2) is 4.79 Å². The number of likely N-dealkylation sites (N-methyl/N-ethyl adjacent to an activating group) is 1. The van der Waals surface area contributed by atoms with Crippen LogP contribution in [-0.2, 0) is 11.3 Å². The fraction of sp³-hybridized carbons (Fsp3) is 0.640. The Morgan fingerprint density at radius 3 is 2.21 bits per heavy atom. The maximum absolute atomic E-state index is 14.4. The number of carbonyl (C=O) groups is 2. The van der Waals surface area contributed by atoms with Crippen molar-refractivity contribution in [2.75, 3.05) is 33.7 Å². The number of carbonyl (C=O) groups excluding carboxylic acids is 1. The van der Waals surface area contributed by atoms with Gasteiger partial charge in [0.15, 0.2) is 5.78 Å². The molecule has 7 heteroatoms. The van der Waals surface area contributed by atoms with E-state index in [0.717, 1.165) is 80.7 Å². The molecule has 0 bridgehead atoms. The van der Waals surface area contributed by atoms with Crippen LogP contribution in [0.1, 0.15) is 128 Å². The zero-order valence-corrected chi connectivity index (χ0v) is 37.0. The van der Waals surface area contributed by atoms with Gasteiger partial charge in [0.25, 0.3) is 0 Å². The van der Waals surface area contributed by atoms with E-state index in [1.165, 1.54) is 23.1 Å². The topological polar surface area (TPSA) is 81.1 Å². The zero-order chi connectivity index (χ0) is 41.3. The number of ketones is 1. The highest BCUT2D eigenvalue weighted by atomic mass is 35.5. The fourth-order valence-corrected chi connectivity index (χ4v) is 14.6. The maximum Gasteiger partial charge on any atom is 0.335 e. The van der Waals surface area contributed by atoms with Crippen molar-refractivity contribution in [1.29, 1.82) is 0 Å². The van der Waals surface area contributed by atoms with E-state index in [9.17, 15) is 19.8 Å². The second kappa shape index (κ2) is 15.4. The number of rotatable bonds is 12. The van der Waals surface area contributed by atoms with Crippen LogP contribution < -0.4 is 0 Å². The zero-order valence-electron chi connectivity index (χ0n) is 36.3. The number of nitrogens with zero attached hydrogens (tertiary/aromatic N) is 2. The number of aliphatic hydroxyl groups excluding tert-OH is 1. The Morgan fingerprint density at radius 2 is 1.60 bits per heavy atom. The van der Waals surface area contributed by atoms with Crippen LogP contribution in [-0.4, -0.2) is 71.6 Å². The van der Waals surface area contributed by atoms with Crippen LogP contribution in [0.15, 0.2) is 65.8 Å². The van der Waals surface area contributed by atoms with E-state index >= 15 is 0 Å². The van der Waals surface area contributed by atoms with Gasteiger partial charge in [0, 0.05) is 43.0 Å². The first-order chi connectivity index (χ1) is 26.8. The number of aromatic carboxylic acids is 1. The average molecular weight is 798 g/mol. The van der Waals surface area contributed by atoms with E-state index in [0.29, 0.717) is 30.4 Å². The summed E-state index contributed by atoms with van der Waals surface area (Å²) < 4.78 is 0. The summed E-state index contributed by atoms with van der Waals surface area (Å²) in [4.78, 5) is 30.7. The largest absolute Gasteiger partial charge is 0.478 e. The number of carboxylic acid groups (broad SMARTS) is 1. The van der Waals surface area contributed by atoms with Gasteiger partial charge >= 0.3 is 5.97 Å². The van der Waals surface area contributed by atoms with Crippen molar-refractivity contribution in [3.8, 4) is 0 Å². The quantitative estimate of drug-likeness (QED) is 0.223. The second-order valence-corrected chi connectivity index (χ2v) is 21.0. The number of aliphatic hydroxyl groups is 1. The molecule has 0 spiro atoms. The molecular formula is C50H69ClN2O4. The molecule has 0 aromatic heterocycles. The average Bonchev–Trinajstić information content (AvgIpc) is 3.47. The number of hydrogen-bond donors (Lipinski definition) is 2. The summed E-state index contributed by atoms with van der Waals surface area (Å²) in [5.41, 5.74) is 6.09. The third kappa shape index (κ3) is 6.81. The highest BCUT2D eigenvalue weighted by Gasteiger charge is 2.71. The van der Waals surface area contributed by atoms with Crippen LogP contribution in [0.2, 0.25) is 5.02 Å². The number of fused-ring (bicyclic) bond motifs is 7. The van der Waals surface area contributed by atoms with Crippen LogP contribution in [0, 0.1) is 50.7 Å². The molecule has 2 aromatic carbocycles. The molecule has 6 nitrogen and oxygen atoms in total. The van der Waals surface area contributed by atoms with Crippen LogP contribution >= 0.6 is 11.6 Å². The Morgan fingerprint density at radius 1 is 0.912 bits per heavy atom. The van der Waals surface area contributed by atoms with Gasteiger partial charge < -0.3 is 15.1 Å². The number of halogens is 1. The highest BCUT2D eigenvalue weighted by molar-refractivity contribution is 6.30. The molecule has 0 saturated heterocycles. The lowest BCUT2D eigenvalue weighted by atomic mass is 9.32. The molecule has 0 heterocycles. The standard InChI is InChI=1S/C50H69ClN2O4/c1-10-50-26-25-49(42(55)31-53(28-27-52(8)9)30-33-11-17-36(51)18-12-33)29-39(54)43(32(2)3)44(49)38(50)19-20-41-47(6)23-21-37(34-13-15-35(16-14-34)45(56)57)46(4,5)40(47)22-24-48(41,50)7/h11-18,21,32,38,40-42,55H,10,19-20,22-31H2,1-9H3,(H,56,57)/t38-,40+,41-,42+,47+,48-,49+,50-/m1/s1. The van der Waals surface area contributed by atoms with Gasteiger partial charge in [-0.05, 0) is 157 Å². The van der Waals surface area contributed by atoms with Gasteiger partial charge in [-0.15, -0.1) is 0 Å². The van der Waals surface area contributed by atoms with Crippen molar-refractivity contribution in [3.05, 3.63) is 87.5 Å². The van der Waals surface area contributed by atoms with Gasteiger partial charge in [-0.1, -0.05) is 96.0 Å². The molecule has 5 aliphatic rings. The van der Waals surface area contributed by atoms with Crippen LogP contribution in [0.25, 0.3) is 5.57 Å². The number of benzene rings is 2. The molecule has 57 heavy (non-hydrogen) atoms. The third-order valence-corrected chi connectivity index (χ3v) is 17.3. The molecule has 5 aliphatic carbocycles. The summed E-state index contributed by atoms with van der Waals surface area (Å²) in [5, 5.41) is 23.0. The van der Waals surface area contributed by atoms with Crippen LogP contribution in [0.5, 0.6) is 0 Å². The first-order valence-corrected chi connectivity index (χ1v) is 22.3. The summed E-state index contributed by atoms with van der Waals surface area (Å²) in [5.74, 6) is 0.850. The lowest BCUT2D eigenvalue weighted by molar-refractivity contribution is -0.208. The molecule has 8 atom stereocenters. The molecule has 2 aromatic rings. The summed E-state index contributed by atoms with van der Waals surface area (Å²) >= 11 is 6.26. The van der Waals surface area contributed by atoms with Crippen molar-refractivity contribution >= 4 is 28.9 Å². The van der Waals surface area contributed by atoms with Gasteiger partial charge in [0.1, 0.15) is 0 Å².